The predicted octanol–water partition coefficient (Wildman–Crippen LogP) is 4.26. The van der Waals surface area contributed by atoms with Gasteiger partial charge in [-0.1, -0.05) is 20.8 Å². The van der Waals surface area contributed by atoms with E-state index in [1.54, 1.807) is 36.1 Å². The second kappa shape index (κ2) is 6.32. The van der Waals surface area contributed by atoms with Crippen molar-refractivity contribution in [2.24, 2.45) is 16.4 Å². The number of rotatable bonds is 3. The zero-order valence-corrected chi connectivity index (χ0v) is 14.6. The Bertz CT molecular complexity index is 708. The second-order valence-corrected chi connectivity index (χ2v) is 8.08. The van der Waals surface area contributed by atoms with Crippen molar-refractivity contribution in [3.63, 3.8) is 0 Å². The van der Waals surface area contributed by atoms with Gasteiger partial charge in [-0.25, -0.2) is 5.43 Å². The Labute approximate surface area is 140 Å². The number of nitrogens with zero attached hydrogens (tertiary/aromatic N) is 1. The molecule has 4 nitrogen and oxygen atoms in total. The molecule has 1 N–H and O–H groups in total. The number of hydrazone groups is 1. The van der Waals surface area contributed by atoms with E-state index in [-0.39, 0.29) is 5.91 Å². The molecule has 0 radical (unpaired) electrons. The maximum absolute atomic E-state index is 12.3. The van der Waals surface area contributed by atoms with Gasteiger partial charge >= 0.3 is 0 Å². The summed E-state index contributed by atoms with van der Waals surface area (Å²) < 4.78 is 4.95. The topological polar surface area (TPSA) is 54.6 Å². The molecule has 0 fully saturated rings. The van der Waals surface area contributed by atoms with E-state index in [0.29, 0.717) is 11.3 Å². The number of fused-ring (bicyclic) bond motifs is 1. The quantitative estimate of drug-likeness (QED) is 0.675. The first-order valence-corrected chi connectivity index (χ1v) is 8.78. The average molecular weight is 330 g/mol. The summed E-state index contributed by atoms with van der Waals surface area (Å²) in [7, 11) is 0. The molecule has 0 aromatic carbocycles. The Morgan fingerprint density at radius 1 is 1.48 bits per heavy atom. The lowest BCUT2D eigenvalue weighted by atomic mass is 9.72. The molecule has 0 unspecified atom stereocenters. The van der Waals surface area contributed by atoms with E-state index in [2.05, 4.69) is 31.3 Å². The highest BCUT2D eigenvalue weighted by atomic mass is 32.1. The highest BCUT2D eigenvalue weighted by Gasteiger charge is 2.31. The molecule has 0 aliphatic heterocycles. The number of hydrogen-bond donors (Lipinski definition) is 1. The summed E-state index contributed by atoms with van der Waals surface area (Å²) in [5, 5.41) is 5.96. The molecular formula is C18H22N2O2S. The Balaban J connectivity index is 1.68. The molecule has 5 heteroatoms. The van der Waals surface area contributed by atoms with Crippen LogP contribution < -0.4 is 5.43 Å². The first-order valence-electron chi connectivity index (χ1n) is 7.90. The molecule has 1 aliphatic rings. The number of hydrogen-bond acceptors (Lipinski definition) is 4. The van der Waals surface area contributed by atoms with E-state index in [1.807, 2.05) is 5.38 Å². The van der Waals surface area contributed by atoms with Crippen molar-refractivity contribution in [3.05, 3.63) is 45.5 Å². The first-order chi connectivity index (χ1) is 10.9. The highest BCUT2D eigenvalue weighted by molar-refractivity contribution is 7.10. The molecule has 1 aliphatic carbocycles. The molecule has 0 spiro atoms. The Morgan fingerprint density at radius 2 is 2.30 bits per heavy atom. The number of carbonyl (C=O) groups is 1. The number of amides is 1. The summed E-state index contributed by atoms with van der Waals surface area (Å²) in [6.07, 6.45) is 7.94. The Kier molecular flexibility index (Phi) is 4.39. The van der Waals surface area contributed by atoms with Gasteiger partial charge < -0.3 is 4.42 Å². The molecule has 2 heterocycles. The van der Waals surface area contributed by atoms with Gasteiger partial charge in [0.2, 0.25) is 0 Å². The molecular weight excluding hydrogens is 308 g/mol. The van der Waals surface area contributed by atoms with Crippen molar-refractivity contribution in [2.75, 3.05) is 0 Å². The smallest absolute Gasteiger partial charge is 0.272 e. The number of carbonyl (C=O) groups excluding carboxylic acids is 1. The van der Waals surface area contributed by atoms with Crippen LogP contribution in [0.2, 0.25) is 0 Å². The van der Waals surface area contributed by atoms with Gasteiger partial charge in [-0.05, 0) is 42.2 Å². The van der Waals surface area contributed by atoms with Gasteiger partial charge in [-0.3, -0.25) is 4.79 Å². The van der Waals surface area contributed by atoms with E-state index in [4.69, 9.17) is 4.42 Å². The Hall–Kier alpha value is -1.88. The molecule has 2 aromatic heterocycles. The maximum atomic E-state index is 12.3. The van der Waals surface area contributed by atoms with E-state index < -0.39 is 0 Å². The lowest BCUT2D eigenvalue weighted by Gasteiger charge is -2.33. The molecule has 0 saturated carbocycles. The zero-order valence-electron chi connectivity index (χ0n) is 13.8. The molecule has 1 amide bonds. The minimum absolute atomic E-state index is 0.128. The third-order valence-corrected chi connectivity index (χ3v) is 5.60. The third-order valence-electron chi connectivity index (χ3n) is 4.55. The minimum atomic E-state index is -0.128. The van der Waals surface area contributed by atoms with Crippen molar-refractivity contribution in [1.29, 1.82) is 0 Å². The minimum Gasteiger partial charge on any atom is -0.472 e. The van der Waals surface area contributed by atoms with E-state index in [9.17, 15) is 4.79 Å². The van der Waals surface area contributed by atoms with E-state index >= 15 is 0 Å². The van der Waals surface area contributed by atoms with Crippen LogP contribution in [0.5, 0.6) is 0 Å². The summed E-state index contributed by atoms with van der Waals surface area (Å²) >= 11 is 1.70. The highest BCUT2D eigenvalue weighted by Crippen LogP contribution is 2.40. The van der Waals surface area contributed by atoms with Crippen LogP contribution in [-0.2, 0) is 12.8 Å². The van der Waals surface area contributed by atoms with Gasteiger partial charge in [-0.2, -0.15) is 5.10 Å². The maximum Gasteiger partial charge on any atom is 0.272 e. The van der Waals surface area contributed by atoms with Crippen LogP contribution in [0.3, 0.4) is 0 Å². The van der Waals surface area contributed by atoms with E-state index in [0.717, 1.165) is 30.4 Å². The van der Waals surface area contributed by atoms with Crippen molar-refractivity contribution in [3.8, 4) is 0 Å². The van der Waals surface area contributed by atoms with Crippen molar-refractivity contribution >= 4 is 23.5 Å². The van der Waals surface area contributed by atoms with Gasteiger partial charge in [0, 0.05) is 15.8 Å². The SMILES string of the molecule is CC(C)(C)[C@@H]1CCc2c(C(=O)NN=Cc3ccoc3)csc2C1. The van der Waals surface area contributed by atoms with Crippen LogP contribution in [-0.4, -0.2) is 12.1 Å². The standard InChI is InChI=1S/C18H22N2O2S/c1-18(2,3)13-4-5-14-15(11-23-16(14)8-13)17(21)20-19-9-12-6-7-22-10-12/h6-7,9-11,13H,4-5,8H2,1-3H3,(H,20,21)/t13-/m1/s1. The van der Waals surface area contributed by atoms with E-state index in [1.165, 1.54) is 10.4 Å². The lowest BCUT2D eigenvalue weighted by Crippen LogP contribution is -2.27. The van der Waals surface area contributed by atoms with Gasteiger partial charge in [-0.15, -0.1) is 11.3 Å². The van der Waals surface area contributed by atoms with Crippen LogP contribution in [0.15, 0.2) is 33.5 Å². The zero-order chi connectivity index (χ0) is 16.4. The molecule has 23 heavy (non-hydrogen) atoms. The molecule has 122 valence electrons. The Morgan fingerprint density at radius 3 is 3.00 bits per heavy atom. The normalized spacial score (nSPS) is 18.1. The molecule has 3 rings (SSSR count). The van der Waals surface area contributed by atoms with Gasteiger partial charge in [0.1, 0.15) is 0 Å². The van der Waals surface area contributed by atoms with Crippen LogP contribution in [0.4, 0.5) is 0 Å². The third kappa shape index (κ3) is 3.55. The van der Waals surface area contributed by atoms with Gasteiger partial charge in [0.15, 0.2) is 0 Å². The monoisotopic (exact) mass is 330 g/mol. The average Bonchev–Trinajstić information content (AvgIpc) is 3.14. The number of furan rings is 1. The second-order valence-electron chi connectivity index (χ2n) is 7.11. The van der Waals surface area contributed by atoms with Crippen molar-refractivity contribution < 1.29 is 9.21 Å². The molecule has 0 bridgehead atoms. The van der Waals surface area contributed by atoms with Crippen LogP contribution in [0.1, 0.15) is 53.6 Å². The molecule has 1 atom stereocenters. The van der Waals surface area contributed by atoms with Crippen LogP contribution in [0, 0.1) is 11.3 Å². The first kappa shape index (κ1) is 16.0. The fourth-order valence-corrected chi connectivity index (χ4v) is 4.18. The van der Waals surface area contributed by atoms with Crippen LogP contribution in [0.25, 0.3) is 0 Å². The fourth-order valence-electron chi connectivity index (χ4n) is 3.02. The van der Waals surface area contributed by atoms with Crippen molar-refractivity contribution in [2.45, 2.75) is 40.0 Å². The lowest BCUT2D eigenvalue weighted by molar-refractivity contribution is 0.0954. The van der Waals surface area contributed by atoms with Crippen LogP contribution >= 0.6 is 11.3 Å². The van der Waals surface area contributed by atoms with Gasteiger partial charge in [0.05, 0.1) is 24.3 Å². The summed E-state index contributed by atoms with van der Waals surface area (Å²) in [6, 6.07) is 1.79. The van der Waals surface area contributed by atoms with Gasteiger partial charge in [0.25, 0.3) is 5.91 Å². The number of thiophene rings is 1. The van der Waals surface area contributed by atoms with Crippen molar-refractivity contribution in [1.82, 2.24) is 5.43 Å². The summed E-state index contributed by atoms with van der Waals surface area (Å²) in [5.74, 6) is 0.556. The molecule has 2 aromatic rings. The summed E-state index contributed by atoms with van der Waals surface area (Å²) in [6.45, 7) is 6.90. The number of nitrogens with one attached hydrogen (secondary N) is 1. The predicted molar refractivity (Wildman–Crippen MR) is 93.1 cm³/mol. The summed E-state index contributed by atoms with van der Waals surface area (Å²) in [5.41, 5.74) is 5.75. The summed E-state index contributed by atoms with van der Waals surface area (Å²) in [4.78, 5) is 13.7. The molecule has 0 saturated heterocycles. The fraction of sp³-hybridized carbons (Fsp3) is 0.444. The largest absolute Gasteiger partial charge is 0.472 e.